The van der Waals surface area contributed by atoms with Gasteiger partial charge in [-0.3, -0.25) is 14.5 Å². The van der Waals surface area contributed by atoms with E-state index in [-0.39, 0.29) is 23.5 Å². The Morgan fingerprint density at radius 2 is 1.84 bits per heavy atom. The van der Waals surface area contributed by atoms with Crippen molar-refractivity contribution in [2.75, 3.05) is 6.79 Å². The quantitative estimate of drug-likeness (QED) is 0.419. The van der Waals surface area contributed by atoms with E-state index in [1.54, 1.807) is 42.5 Å². The molecule has 5 rings (SSSR count). The molecule has 6 nitrogen and oxygen atoms in total. The van der Waals surface area contributed by atoms with Crippen LogP contribution < -0.4 is 9.47 Å². The van der Waals surface area contributed by atoms with Crippen molar-refractivity contribution in [2.45, 2.75) is 6.54 Å². The average Bonchev–Trinajstić information content (AvgIpc) is 3.45. The van der Waals surface area contributed by atoms with E-state index in [2.05, 4.69) is 0 Å². The molecule has 9 heteroatoms. The van der Waals surface area contributed by atoms with Gasteiger partial charge < -0.3 is 13.9 Å². The Morgan fingerprint density at radius 3 is 2.65 bits per heavy atom. The van der Waals surface area contributed by atoms with E-state index in [0.29, 0.717) is 38.6 Å². The van der Waals surface area contributed by atoms with E-state index >= 15 is 0 Å². The Morgan fingerprint density at radius 1 is 1.03 bits per heavy atom. The van der Waals surface area contributed by atoms with Gasteiger partial charge in [-0.05, 0) is 47.7 Å². The van der Waals surface area contributed by atoms with Crippen molar-refractivity contribution >= 4 is 52.2 Å². The van der Waals surface area contributed by atoms with Crippen molar-refractivity contribution < 1.29 is 23.5 Å². The second-order valence-corrected chi connectivity index (χ2v) is 8.61. The van der Waals surface area contributed by atoms with Crippen LogP contribution >= 0.6 is 35.0 Å². The summed E-state index contributed by atoms with van der Waals surface area (Å²) in [6.45, 7) is 0.142. The summed E-state index contributed by atoms with van der Waals surface area (Å²) in [6.07, 6.45) is 1.56. The number of rotatable bonds is 4. The van der Waals surface area contributed by atoms with Gasteiger partial charge in [-0.15, -0.1) is 0 Å². The van der Waals surface area contributed by atoms with Crippen molar-refractivity contribution in [1.29, 1.82) is 0 Å². The number of amides is 2. The van der Waals surface area contributed by atoms with Gasteiger partial charge >= 0.3 is 0 Å². The Balaban J connectivity index is 1.36. The first kappa shape index (κ1) is 20.1. The first-order chi connectivity index (χ1) is 15.0. The number of halogens is 2. The predicted molar refractivity (Wildman–Crippen MR) is 118 cm³/mol. The second-order valence-electron chi connectivity index (χ2n) is 6.78. The maximum atomic E-state index is 12.8. The van der Waals surface area contributed by atoms with Crippen LogP contribution in [-0.2, 0) is 11.3 Å². The van der Waals surface area contributed by atoms with Crippen LogP contribution in [0.25, 0.3) is 17.4 Å². The fraction of sp³-hybridized carbons (Fsp3) is 0.0909. The van der Waals surface area contributed by atoms with E-state index in [0.717, 1.165) is 22.2 Å². The third-order valence-corrected chi connectivity index (χ3v) is 6.25. The molecule has 1 fully saturated rings. The minimum atomic E-state index is -0.413. The molecule has 1 aromatic heterocycles. The van der Waals surface area contributed by atoms with Crippen molar-refractivity contribution in [3.05, 3.63) is 74.8 Å². The second kappa shape index (κ2) is 8.00. The molecule has 156 valence electrons. The summed E-state index contributed by atoms with van der Waals surface area (Å²) in [5.41, 5.74) is 1.41. The number of hydrogen-bond donors (Lipinski definition) is 0. The fourth-order valence-electron chi connectivity index (χ4n) is 3.24. The smallest absolute Gasteiger partial charge is 0.293 e. The zero-order chi connectivity index (χ0) is 21.5. The lowest BCUT2D eigenvalue weighted by atomic mass is 10.2. The van der Waals surface area contributed by atoms with Crippen LogP contribution in [0.3, 0.4) is 0 Å². The lowest BCUT2D eigenvalue weighted by molar-refractivity contribution is -0.123. The molecular weight excluding hydrogens is 461 g/mol. The fourth-order valence-corrected chi connectivity index (χ4v) is 4.47. The molecule has 3 aromatic rings. The van der Waals surface area contributed by atoms with Crippen molar-refractivity contribution in [1.82, 2.24) is 4.90 Å². The van der Waals surface area contributed by atoms with Crippen LogP contribution in [0.2, 0.25) is 10.0 Å². The summed E-state index contributed by atoms with van der Waals surface area (Å²) in [7, 11) is 0. The highest BCUT2D eigenvalue weighted by Crippen LogP contribution is 2.39. The summed E-state index contributed by atoms with van der Waals surface area (Å²) < 4.78 is 16.4. The highest BCUT2D eigenvalue weighted by Gasteiger charge is 2.36. The zero-order valence-electron chi connectivity index (χ0n) is 15.8. The van der Waals surface area contributed by atoms with Crippen LogP contribution in [0, 0.1) is 0 Å². The van der Waals surface area contributed by atoms with Crippen LogP contribution in [0.15, 0.2) is 57.9 Å². The van der Waals surface area contributed by atoms with Gasteiger partial charge in [0.25, 0.3) is 11.1 Å². The Bertz CT molecular complexity index is 1250. The predicted octanol–water partition coefficient (Wildman–Crippen LogP) is 6.22. The number of carbonyl (C=O) groups excluding carboxylic acids is 2. The van der Waals surface area contributed by atoms with E-state index in [4.69, 9.17) is 37.1 Å². The summed E-state index contributed by atoms with van der Waals surface area (Å²) in [5, 5.41) is 0.606. The topological polar surface area (TPSA) is 69.0 Å². The molecule has 3 heterocycles. The molecule has 0 spiro atoms. The van der Waals surface area contributed by atoms with E-state index < -0.39 is 5.91 Å². The minimum Gasteiger partial charge on any atom is -0.457 e. The molecule has 2 aliphatic heterocycles. The molecule has 0 aliphatic carbocycles. The zero-order valence-corrected chi connectivity index (χ0v) is 18.1. The third kappa shape index (κ3) is 3.92. The molecule has 0 N–H and O–H groups in total. The first-order valence-corrected chi connectivity index (χ1v) is 10.7. The van der Waals surface area contributed by atoms with Gasteiger partial charge in [-0.1, -0.05) is 35.3 Å². The molecule has 2 aromatic carbocycles. The van der Waals surface area contributed by atoms with E-state index in [1.807, 2.05) is 12.1 Å². The number of nitrogens with zero attached hydrogens (tertiary/aromatic N) is 1. The largest absolute Gasteiger partial charge is 0.457 e. The van der Waals surface area contributed by atoms with Crippen LogP contribution in [0.4, 0.5) is 4.79 Å². The van der Waals surface area contributed by atoms with Crippen molar-refractivity contribution in [2.24, 2.45) is 0 Å². The number of hydrogen-bond acceptors (Lipinski definition) is 6. The van der Waals surface area contributed by atoms with Crippen LogP contribution in [0.1, 0.15) is 11.3 Å². The minimum absolute atomic E-state index is 0.0311. The van der Waals surface area contributed by atoms with Gasteiger partial charge in [0.15, 0.2) is 11.5 Å². The van der Waals surface area contributed by atoms with E-state index in [1.165, 1.54) is 0 Å². The molecule has 1 saturated heterocycles. The molecule has 31 heavy (non-hydrogen) atoms. The number of imide groups is 1. The summed E-state index contributed by atoms with van der Waals surface area (Å²) in [5.74, 6) is 1.73. The summed E-state index contributed by atoms with van der Waals surface area (Å²) in [4.78, 5) is 26.7. The molecule has 0 saturated carbocycles. The number of fused-ring (bicyclic) bond motifs is 1. The number of ether oxygens (including phenoxy) is 2. The number of thioether (sulfide) groups is 1. The number of benzene rings is 2. The maximum absolute atomic E-state index is 12.8. The van der Waals surface area contributed by atoms with Gasteiger partial charge in [0.1, 0.15) is 11.5 Å². The Labute approximate surface area is 191 Å². The lowest BCUT2D eigenvalue weighted by Crippen LogP contribution is -2.27. The van der Waals surface area contributed by atoms with Gasteiger partial charge in [0.2, 0.25) is 6.79 Å². The Kier molecular flexibility index (Phi) is 5.17. The van der Waals surface area contributed by atoms with Gasteiger partial charge in [0, 0.05) is 27.8 Å². The first-order valence-electron chi connectivity index (χ1n) is 9.17. The molecule has 0 unspecified atom stereocenters. The highest BCUT2D eigenvalue weighted by molar-refractivity contribution is 8.18. The van der Waals surface area contributed by atoms with Crippen molar-refractivity contribution in [3.63, 3.8) is 0 Å². The Hall–Kier alpha value is -2.87. The number of carbonyl (C=O) groups is 2. The summed E-state index contributed by atoms with van der Waals surface area (Å²) in [6, 6.07) is 14.1. The third-order valence-electron chi connectivity index (χ3n) is 4.75. The highest BCUT2D eigenvalue weighted by atomic mass is 35.5. The maximum Gasteiger partial charge on any atom is 0.293 e. The van der Waals surface area contributed by atoms with Crippen LogP contribution in [-0.4, -0.2) is 22.8 Å². The summed E-state index contributed by atoms with van der Waals surface area (Å²) >= 11 is 13.2. The molecule has 2 amide bonds. The standard InChI is InChI=1S/C22H13Cl2NO5S/c23-14-3-1-2-12(6-14)17-5-4-15(30-17)8-20-21(26)25(22(27)31-20)10-13-7-18-19(9-16(13)24)29-11-28-18/h1-9H,10-11H2/b20-8-. The van der Waals surface area contributed by atoms with E-state index in [9.17, 15) is 9.59 Å². The lowest BCUT2D eigenvalue weighted by Gasteiger charge is -2.14. The average molecular weight is 474 g/mol. The molecule has 0 atom stereocenters. The monoisotopic (exact) mass is 473 g/mol. The normalized spacial score (nSPS) is 16.6. The van der Waals surface area contributed by atoms with Gasteiger partial charge in [0.05, 0.1) is 11.4 Å². The molecule has 0 bridgehead atoms. The van der Waals surface area contributed by atoms with Crippen molar-refractivity contribution in [3.8, 4) is 22.8 Å². The van der Waals surface area contributed by atoms with Crippen LogP contribution in [0.5, 0.6) is 11.5 Å². The SMILES string of the molecule is O=C1S/C(=C\c2ccc(-c3cccc(Cl)c3)o2)C(=O)N1Cc1cc2c(cc1Cl)OCO2. The number of furan rings is 1. The molecular formula is C22H13Cl2NO5S. The molecule has 2 aliphatic rings. The van der Waals surface area contributed by atoms with Gasteiger partial charge in [-0.25, -0.2) is 0 Å². The van der Waals surface area contributed by atoms with Gasteiger partial charge in [-0.2, -0.15) is 0 Å². The molecule has 0 radical (unpaired) electrons.